The molecule has 19 heavy (non-hydrogen) atoms. The molecule has 0 spiro atoms. The number of benzene rings is 1. The van der Waals surface area contributed by atoms with Crippen LogP contribution in [-0.2, 0) is 6.54 Å². The van der Waals surface area contributed by atoms with E-state index in [0.29, 0.717) is 5.56 Å². The van der Waals surface area contributed by atoms with Crippen LogP contribution in [0.5, 0.6) is 0 Å². The smallest absolute Gasteiger partial charge is 0.338 e. The Bertz CT molecular complexity index is 653. The van der Waals surface area contributed by atoms with E-state index < -0.39 is 22.3 Å². The van der Waals surface area contributed by atoms with Crippen molar-refractivity contribution in [3.05, 3.63) is 57.7 Å². The molecule has 0 fully saturated rings. The van der Waals surface area contributed by atoms with Crippen molar-refractivity contribution in [2.24, 2.45) is 0 Å². The van der Waals surface area contributed by atoms with Crippen LogP contribution in [0.3, 0.4) is 0 Å². The first kappa shape index (κ1) is 12.7. The van der Waals surface area contributed by atoms with E-state index in [1.165, 1.54) is 16.9 Å². The van der Waals surface area contributed by atoms with Gasteiger partial charge in [0.15, 0.2) is 0 Å². The lowest BCUT2D eigenvalue weighted by atomic mass is 10.1. The predicted octanol–water partition coefficient (Wildman–Crippen LogP) is 1.68. The molecular formula is C11H8FN3O4. The van der Waals surface area contributed by atoms with Gasteiger partial charge in [-0.2, -0.15) is 5.10 Å². The molecule has 0 aliphatic rings. The van der Waals surface area contributed by atoms with Gasteiger partial charge in [-0.05, 0) is 17.7 Å². The molecule has 0 bridgehead atoms. The summed E-state index contributed by atoms with van der Waals surface area (Å²) in [6, 6.07) is 3.64. The second-order valence-electron chi connectivity index (χ2n) is 3.77. The SMILES string of the molecule is O=C(O)c1ccc(Cn2cc([N+](=O)[O-])cn2)cc1F. The van der Waals surface area contributed by atoms with Crippen molar-refractivity contribution in [2.75, 3.05) is 0 Å². The number of carboxylic acid groups (broad SMARTS) is 1. The van der Waals surface area contributed by atoms with Crippen LogP contribution in [0.2, 0.25) is 0 Å². The fraction of sp³-hybridized carbons (Fsp3) is 0.0909. The van der Waals surface area contributed by atoms with Gasteiger partial charge in [-0.3, -0.25) is 14.8 Å². The summed E-state index contributed by atoms with van der Waals surface area (Å²) in [5, 5.41) is 22.9. The maximum Gasteiger partial charge on any atom is 0.338 e. The number of aromatic nitrogens is 2. The first-order valence-corrected chi connectivity index (χ1v) is 5.16. The van der Waals surface area contributed by atoms with Crippen LogP contribution in [0, 0.1) is 15.9 Å². The topological polar surface area (TPSA) is 98.3 Å². The minimum absolute atomic E-state index is 0.116. The van der Waals surface area contributed by atoms with Crippen LogP contribution >= 0.6 is 0 Å². The van der Waals surface area contributed by atoms with Crippen molar-refractivity contribution in [1.29, 1.82) is 0 Å². The Labute approximate surface area is 106 Å². The molecule has 1 heterocycles. The highest BCUT2D eigenvalue weighted by Gasteiger charge is 2.12. The molecule has 0 atom stereocenters. The van der Waals surface area contributed by atoms with Crippen molar-refractivity contribution >= 4 is 11.7 Å². The molecule has 0 radical (unpaired) electrons. The van der Waals surface area contributed by atoms with Gasteiger partial charge >= 0.3 is 11.7 Å². The Kier molecular flexibility index (Phi) is 3.23. The molecule has 1 aromatic carbocycles. The summed E-state index contributed by atoms with van der Waals surface area (Å²) in [6.07, 6.45) is 2.30. The minimum Gasteiger partial charge on any atom is -0.478 e. The zero-order valence-corrected chi connectivity index (χ0v) is 9.49. The van der Waals surface area contributed by atoms with Gasteiger partial charge in [0.2, 0.25) is 0 Å². The fourth-order valence-electron chi connectivity index (χ4n) is 1.55. The van der Waals surface area contributed by atoms with Crippen molar-refractivity contribution < 1.29 is 19.2 Å². The number of nitro groups is 1. The summed E-state index contributed by atoms with van der Waals surface area (Å²) in [5.74, 6) is -2.20. The number of rotatable bonds is 4. The van der Waals surface area contributed by atoms with Crippen LogP contribution in [-0.4, -0.2) is 25.8 Å². The van der Waals surface area contributed by atoms with Crippen molar-refractivity contribution in [3.63, 3.8) is 0 Å². The molecule has 1 N–H and O–H groups in total. The van der Waals surface area contributed by atoms with Gasteiger partial charge in [0.1, 0.15) is 18.2 Å². The third-order valence-electron chi connectivity index (χ3n) is 2.44. The number of hydrogen-bond acceptors (Lipinski definition) is 4. The minimum atomic E-state index is -1.35. The maximum absolute atomic E-state index is 13.4. The Hall–Kier alpha value is -2.77. The van der Waals surface area contributed by atoms with Gasteiger partial charge in [-0.15, -0.1) is 0 Å². The lowest BCUT2D eigenvalue weighted by molar-refractivity contribution is -0.385. The third kappa shape index (κ3) is 2.73. The van der Waals surface area contributed by atoms with E-state index in [1.807, 2.05) is 0 Å². The maximum atomic E-state index is 13.4. The van der Waals surface area contributed by atoms with Gasteiger partial charge in [0, 0.05) is 0 Å². The normalized spacial score (nSPS) is 10.4. The van der Waals surface area contributed by atoms with Crippen LogP contribution in [0.1, 0.15) is 15.9 Å². The first-order valence-electron chi connectivity index (χ1n) is 5.16. The zero-order valence-electron chi connectivity index (χ0n) is 9.49. The van der Waals surface area contributed by atoms with E-state index >= 15 is 0 Å². The van der Waals surface area contributed by atoms with Crippen LogP contribution in [0.25, 0.3) is 0 Å². The van der Waals surface area contributed by atoms with Gasteiger partial charge in [-0.1, -0.05) is 6.07 Å². The first-order chi connectivity index (χ1) is 8.97. The standard InChI is InChI=1S/C11H8FN3O4/c12-10-3-7(1-2-9(10)11(16)17)5-14-6-8(4-13-14)15(18)19/h1-4,6H,5H2,(H,16,17). The third-order valence-corrected chi connectivity index (χ3v) is 2.44. The fourth-order valence-corrected chi connectivity index (χ4v) is 1.55. The van der Waals surface area contributed by atoms with Crippen molar-refractivity contribution in [3.8, 4) is 0 Å². The zero-order chi connectivity index (χ0) is 14.0. The van der Waals surface area contributed by atoms with Crippen molar-refractivity contribution in [1.82, 2.24) is 9.78 Å². The lowest BCUT2D eigenvalue weighted by Crippen LogP contribution is -2.04. The van der Waals surface area contributed by atoms with Gasteiger partial charge < -0.3 is 5.11 Å². The molecule has 8 heteroatoms. The van der Waals surface area contributed by atoms with E-state index in [2.05, 4.69) is 5.10 Å². The molecule has 2 rings (SSSR count). The summed E-state index contributed by atoms with van der Waals surface area (Å²) in [7, 11) is 0. The number of nitrogens with zero attached hydrogens (tertiary/aromatic N) is 3. The quantitative estimate of drug-likeness (QED) is 0.669. The highest BCUT2D eigenvalue weighted by molar-refractivity contribution is 5.87. The molecule has 0 saturated heterocycles. The summed E-state index contributed by atoms with van der Waals surface area (Å²) in [6.45, 7) is 0.116. The number of halogens is 1. The molecular weight excluding hydrogens is 257 g/mol. The average Bonchev–Trinajstić information content (AvgIpc) is 2.77. The Morgan fingerprint density at radius 1 is 1.53 bits per heavy atom. The average molecular weight is 265 g/mol. The second-order valence-corrected chi connectivity index (χ2v) is 3.77. The molecule has 0 aliphatic carbocycles. The number of hydrogen-bond donors (Lipinski definition) is 1. The van der Waals surface area contributed by atoms with Crippen molar-refractivity contribution in [2.45, 2.75) is 6.54 Å². The number of aromatic carboxylic acids is 1. The van der Waals surface area contributed by atoms with E-state index in [-0.39, 0.29) is 12.2 Å². The number of carbonyl (C=O) groups is 1. The van der Waals surface area contributed by atoms with Gasteiger partial charge in [0.25, 0.3) is 0 Å². The highest BCUT2D eigenvalue weighted by atomic mass is 19.1. The molecule has 0 amide bonds. The van der Waals surface area contributed by atoms with Crippen LogP contribution < -0.4 is 0 Å². The monoisotopic (exact) mass is 265 g/mol. The summed E-state index contributed by atoms with van der Waals surface area (Å²) in [5.41, 5.74) is -0.127. The summed E-state index contributed by atoms with van der Waals surface area (Å²) >= 11 is 0. The van der Waals surface area contributed by atoms with E-state index in [1.54, 1.807) is 0 Å². The predicted molar refractivity (Wildman–Crippen MR) is 61.3 cm³/mol. The summed E-state index contributed by atoms with van der Waals surface area (Å²) < 4.78 is 14.7. The Balaban J connectivity index is 2.21. The van der Waals surface area contributed by atoms with Gasteiger partial charge in [-0.25, -0.2) is 9.18 Å². The molecule has 0 unspecified atom stereocenters. The Morgan fingerprint density at radius 2 is 2.26 bits per heavy atom. The molecule has 7 nitrogen and oxygen atoms in total. The molecule has 0 saturated carbocycles. The highest BCUT2D eigenvalue weighted by Crippen LogP contribution is 2.13. The molecule has 2 aromatic rings. The molecule has 0 aliphatic heterocycles. The van der Waals surface area contributed by atoms with Crippen LogP contribution in [0.15, 0.2) is 30.6 Å². The van der Waals surface area contributed by atoms with E-state index in [0.717, 1.165) is 18.3 Å². The second kappa shape index (κ2) is 4.84. The molecule has 98 valence electrons. The van der Waals surface area contributed by atoms with E-state index in [9.17, 15) is 19.3 Å². The largest absolute Gasteiger partial charge is 0.478 e. The van der Waals surface area contributed by atoms with Gasteiger partial charge in [0.05, 0.1) is 17.0 Å². The Morgan fingerprint density at radius 3 is 2.79 bits per heavy atom. The number of carboxylic acids is 1. The van der Waals surface area contributed by atoms with E-state index in [4.69, 9.17) is 5.11 Å². The molecule has 1 aromatic heterocycles. The summed E-state index contributed by atoms with van der Waals surface area (Å²) in [4.78, 5) is 20.5. The van der Waals surface area contributed by atoms with Crippen LogP contribution in [0.4, 0.5) is 10.1 Å². The lowest BCUT2D eigenvalue weighted by Gasteiger charge is -2.03.